The van der Waals surface area contributed by atoms with Crippen LogP contribution in [0.5, 0.6) is 0 Å². The molecule has 37 heavy (non-hydrogen) atoms. The molecule has 0 spiro atoms. The number of rotatable bonds is 6. The Balaban J connectivity index is 1.98. The van der Waals surface area contributed by atoms with Crippen molar-refractivity contribution in [3.8, 4) is 0 Å². The van der Waals surface area contributed by atoms with Crippen LogP contribution in [0.3, 0.4) is 0 Å². The molecule has 2 aromatic rings. The first-order chi connectivity index (χ1) is 17.1. The summed E-state index contributed by atoms with van der Waals surface area (Å²) in [6, 6.07) is 1.94. The summed E-state index contributed by atoms with van der Waals surface area (Å²) in [5.41, 5.74) is 0.606. The van der Waals surface area contributed by atoms with E-state index < -0.39 is 60.9 Å². The fourth-order valence-corrected chi connectivity index (χ4v) is 3.99. The third-order valence-electron chi connectivity index (χ3n) is 5.29. The Kier molecular flexibility index (Phi) is 8.32. The number of benzene rings is 1. The molecule has 1 fully saturated rings. The first-order valence-electron chi connectivity index (χ1n) is 10.6. The summed E-state index contributed by atoms with van der Waals surface area (Å²) in [5, 5.41) is 0. The topological polar surface area (TPSA) is 103 Å². The van der Waals surface area contributed by atoms with Crippen LogP contribution in [0.15, 0.2) is 35.3 Å². The second-order valence-corrected chi connectivity index (χ2v) is 10.0. The van der Waals surface area contributed by atoms with E-state index in [2.05, 4.69) is 11.3 Å². The van der Waals surface area contributed by atoms with Crippen molar-refractivity contribution in [1.82, 2.24) is 19.1 Å². The summed E-state index contributed by atoms with van der Waals surface area (Å²) in [6.07, 6.45) is -7.23. The summed E-state index contributed by atoms with van der Waals surface area (Å²) in [6.45, 7) is -0.729. The summed E-state index contributed by atoms with van der Waals surface area (Å²) in [5.74, 6) is -1.20. The van der Waals surface area contributed by atoms with Gasteiger partial charge in [-0.25, -0.2) is 4.79 Å². The Morgan fingerprint density at radius 3 is 2.30 bits per heavy atom. The van der Waals surface area contributed by atoms with Crippen LogP contribution in [0.4, 0.5) is 32.2 Å². The number of nitrogens with zero attached hydrogens (tertiary/aromatic N) is 4. The van der Waals surface area contributed by atoms with Gasteiger partial charge in [0, 0.05) is 32.4 Å². The molecule has 3 rings (SSSR count). The Morgan fingerprint density at radius 1 is 1.19 bits per heavy atom. The molecular formula is C21H23F6N5O4P+. The minimum absolute atomic E-state index is 0.0626. The molecule has 3 atom stereocenters. The summed E-state index contributed by atoms with van der Waals surface area (Å²) in [4.78, 5) is 30.2. The second-order valence-electron chi connectivity index (χ2n) is 8.25. The summed E-state index contributed by atoms with van der Waals surface area (Å²) >= 11 is 0. The van der Waals surface area contributed by atoms with Gasteiger partial charge in [0.2, 0.25) is 0 Å². The molecule has 2 unspecified atom stereocenters. The third-order valence-corrected chi connectivity index (χ3v) is 6.63. The molecule has 16 heteroatoms. The zero-order chi connectivity index (χ0) is 27.7. The summed E-state index contributed by atoms with van der Waals surface area (Å²) < 4.78 is 94.1. The van der Waals surface area contributed by atoms with Crippen LogP contribution in [0.1, 0.15) is 27.7 Å². The molecule has 1 aromatic carbocycles. The Bertz CT molecular complexity index is 1200. The van der Waals surface area contributed by atoms with E-state index in [9.17, 15) is 35.9 Å². The van der Waals surface area contributed by atoms with Crippen molar-refractivity contribution in [2.45, 2.75) is 24.7 Å². The van der Waals surface area contributed by atoms with Crippen LogP contribution in [-0.2, 0) is 21.6 Å². The SMILES string of the molecule is C=[P+](OC[C@@H]1CN(C(=O)c2cc(C(F)(F)F)cc(C(F)(F)F)c2)CC(n2ccc(N)nc2=O)O1)N(C)C. The Morgan fingerprint density at radius 2 is 1.78 bits per heavy atom. The molecule has 0 aliphatic carbocycles. The lowest BCUT2D eigenvalue weighted by molar-refractivity contribution is -0.143. The van der Waals surface area contributed by atoms with Gasteiger partial charge in [-0.05, 0) is 24.3 Å². The molecular weight excluding hydrogens is 531 g/mol. The quantitative estimate of drug-likeness (QED) is 0.432. The van der Waals surface area contributed by atoms with Crippen molar-refractivity contribution < 1.29 is 40.4 Å². The van der Waals surface area contributed by atoms with E-state index in [4.69, 9.17) is 15.0 Å². The first-order valence-corrected chi connectivity index (χ1v) is 12.0. The van der Waals surface area contributed by atoms with Gasteiger partial charge in [0.1, 0.15) is 24.8 Å². The molecule has 1 saturated heterocycles. The van der Waals surface area contributed by atoms with Crippen molar-refractivity contribution in [2.24, 2.45) is 0 Å². The van der Waals surface area contributed by atoms with Crippen LogP contribution < -0.4 is 11.4 Å². The molecule has 1 aromatic heterocycles. The monoisotopic (exact) mass is 554 g/mol. The van der Waals surface area contributed by atoms with Gasteiger partial charge in [0.25, 0.3) is 5.91 Å². The van der Waals surface area contributed by atoms with Crippen molar-refractivity contribution in [3.05, 3.63) is 57.6 Å². The Labute approximate surface area is 207 Å². The number of nitrogen functional groups attached to an aromatic ring is 1. The van der Waals surface area contributed by atoms with Gasteiger partial charge in [-0.15, -0.1) is 4.67 Å². The highest BCUT2D eigenvalue weighted by molar-refractivity contribution is 7.48. The van der Waals surface area contributed by atoms with Gasteiger partial charge in [0.05, 0.1) is 17.7 Å². The predicted octanol–water partition coefficient (Wildman–Crippen LogP) is 3.23. The highest BCUT2D eigenvalue weighted by Gasteiger charge is 2.39. The number of alkyl halides is 6. The maximum atomic E-state index is 13.3. The highest BCUT2D eigenvalue weighted by Crippen LogP contribution is 2.37. The molecule has 1 aliphatic rings. The summed E-state index contributed by atoms with van der Waals surface area (Å²) in [7, 11) is 2.13. The van der Waals surface area contributed by atoms with Gasteiger partial charge < -0.3 is 15.4 Å². The molecule has 2 N–H and O–H groups in total. The van der Waals surface area contributed by atoms with Crippen LogP contribution >= 0.6 is 7.92 Å². The largest absolute Gasteiger partial charge is 0.416 e. The number of aromatic nitrogens is 2. The van der Waals surface area contributed by atoms with Gasteiger partial charge in [0.15, 0.2) is 6.23 Å². The standard InChI is InChI=1S/C21H22F6N5O4P/c1-30(2)37(3)35-11-15-9-31(10-17(36-15)32-5-4-16(28)29-19(32)34)18(33)12-6-13(20(22,23)24)8-14(7-12)21(25,26)27/h4-8,15,17H,3,9-11H2,1-2H3,(H-,28,29,34)/p+1/t15-,17?/m0/s1. The van der Waals surface area contributed by atoms with Crippen LogP contribution in [0.25, 0.3) is 0 Å². The lowest BCUT2D eigenvalue weighted by Gasteiger charge is -2.38. The fourth-order valence-electron chi connectivity index (χ4n) is 3.42. The van der Waals surface area contributed by atoms with E-state index >= 15 is 0 Å². The van der Waals surface area contributed by atoms with Crippen LogP contribution in [0, 0.1) is 0 Å². The molecule has 0 saturated carbocycles. The van der Waals surface area contributed by atoms with Gasteiger partial charge in [-0.2, -0.15) is 35.9 Å². The maximum Gasteiger partial charge on any atom is 0.416 e. The second kappa shape index (κ2) is 10.8. The zero-order valence-corrected chi connectivity index (χ0v) is 20.5. The minimum atomic E-state index is -5.12. The number of ether oxygens (including phenoxy) is 1. The molecule has 1 amide bonds. The van der Waals surface area contributed by atoms with Gasteiger partial charge >= 0.3 is 26.0 Å². The molecule has 0 radical (unpaired) electrons. The average Bonchev–Trinajstić information content (AvgIpc) is 2.80. The molecule has 202 valence electrons. The van der Waals surface area contributed by atoms with E-state index in [0.29, 0.717) is 12.1 Å². The van der Waals surface area contributed by atoms with Crippen molar-refractivity contribution >= 4 is 25.9 Å². The number of hydrogen-bond acceptors (Lipinski definition) is 7. The van der Waals surface area contributed by atoms with Gasteiger partial charge in [-0.1, -0.05) is 0 Å². The molecule has 9 nitrogen and oxygen atoms in total. The number of amides is 1. The number of hydrogen-bond donors (Lipinski definition) is 1. The number of nitrogens with two attached hydrogens (primary N) is 1. The number of anilines is 1. The fraction of sp³-hybridized carbons (Fsp3) is 0.429. The van der Waals surface area contributed by atoms with Crippen LogP contribution in [-0.4, -0.2) is 71.2 Å². The number of carbonyl (C=O) groups excluding carboxylic acids is 1. The normalized spacial score (nSPS) is 19.3. The molecule has 1 aliphatic heterocycles. The smallest absolute Gasteiger partial charge is 0.383 e. The van der Waals surface area contributed by atoms with Crippen molar-refractivity contribution in [3.63, 3.8) is 0 Å². The lowest BCUT2D eigenvalue weighted by Crippen LogP contribution is -2.51. The number of halogens is 6. The number of carbonyl (C=O) groups is 1. The maximum absolute atomic E-state index is 13.3. The molecule has 2 heterocycles. The number of morpholine rings is 1. The lowest BCUT2D eigenvalue weighted by atomic mass is 10.0. The zero-order valence-electron chi connectivity index (χ0n) is 19.6. The van der Waals surface area contributed by atoms with Gasteiger partial charge in [-0.3, -0.25) is 9.36 Å². The predicted molar refractivity (Wildman–Crippen MR) is 123 cm³/mol. The van der Waals surface area contributed by atoms with Crippen LogP contribution in [0.2, 0.25) is 0 Å². The third kappa shape index (κ3) is 7.06. The average molecular weight is 554 g/mol. The minimum Gasteiger partial charge on any atom is -0.383 e. The van der Waals surface area contributed by atoms with Crippen molar-refractivity contribution in [2.75, 3.05) is 39.5 Å². The molecule has 0 bridgehead atoms. The van der Waals surface area contributed by atoms with Crippen molar-refractivity contribution in [1.29, 1.82) is 0 Å². The van der Waals surface area contributed by atoms with E-state index in [1.807, 2.05) is 0 Å². The van der Waals surface area contributed by atoms with E-state index in [1.165, 1.54) is 12.3 Å². The highest BCUT2D eigenvalue weighted by atomic mass is 31.1. The Hall–Kier alpha value is -3.00. The van der Waals surface area contributed by atoms with E-state index in [0.717, 1.165) is 9.47 Å². The van der Waals surface area contributed by atoms with E-state index in [-0.39, 0.29) is 31.6 Å². The first kappa shape index (κ1) is 28.6. The van der Waals surface area contributed by atoms with E-state index in [1.54, 1.807) is 18.8 Å².